The molecule has 9 heteroatoms. The molecule has 0 saturated carbocycles. The highest BCUT2D eigenvalue weighted by atomic mass is 127. The summed E-state index contributed by atoms with van der Waals surface area (Å²) in [7, 11) is 0. The van der Waals surface area contributed by atoms with E-state index in [0.29, 0.717) is 20.6 Å². The molecular formula is C18H19IN2O4S2. The number of nitrogens with one attached hydrogen (secondary N) is 2. The number of rotatable bonds is 6. The normalized spacial score (nSPS) is 10.2. The minimum atomic E-state index is -0.513. The van der Waals surface area contributed by atoms with Gasteiger partial charge in [0.2, 0.25) is 0 Å². The van der Waals surface area contributed by atoms with Crippen molar-refractivity contribution in [3.05, 3.63) is 43.8 Å². The first-order chi connectivity index (χ1) is 12.9. The second kappa shape index (κ2) is 10.00. The van der Waals surface area contributed by atoms with E-state index in [2.05, 4.69) is 33.2 Å². The van der Waals surface area contributed by atoms with Gasteiger partial charge < -0.3 is 20.1 Å². The average molecular weight is 518 g/mol. The molecule has 0 saturated heterocycles. The van der Waals surface area contributed by atoms with E-state index in [9.17, 15) is 9.59 Å². The molecule has 0 amide bonds. The third-order valence-electron chi connectivity index (χ3n) is 3.44. The van der Waals surface area contributed by atoms with Gasteiger partial charge in [-0.05, 0) is 73.3 Å². The number of carbonyl (C=O) groups is 2. The maximum atomic E-state index is 12.4. The van der Waals surface area contributed by atoms with Gasteiger partial charge >= 0.3 is 11.9 Å². The highest BCUT2D eigenvalue weighted by Gasteiger charge is 2.26. The molecule has 0 aliphatic carbocycles. The molecule has 144 valence electrons. The maximum absolute atomic E-state index is 12.4. The molecule has 6 nitrogen and oxygen atoms in total. The minimum Gasteiger partial charge on any atom is -0.462 e. The van der Waals surface area contributed by atoms with Crippen LogP contribution in [0.4, 0.5) is 10.7 Å². The molecule has 0 bridgehead atoms. The number of carbonyl (C=O) groups excluding carboxylic acids is 2. The Morgan fingerprint density at radius 1 is 1.11 bits per heavy atom. The summed E-state index contributed by atoms with van der Waals surface area (Å²) in [5, 5.41) is 6.85. The molecule has 2 aromatic rings. The second-order valence-electron chi connectivity index (χ2n) is 5.26. The van der Waals surface area contributed by atoms with Crippen molar-refractivity contribution >= 4 is 73.9 Å². The number of hydrogen-bond acceptors (Lipinski definition) is 6. The minimum absolute atomic E-state index is 0.229. The molecule has 0 radical (unpaired) electrons. The monoisotopic (exact) mass is 518 g/mol. The number of benzene rings is 1. The highest BCUT2D eigenvalue weighted by Crippen LogP contribution is 2.34. The van der Waals surface area contributed by atoms with Crippen LogP contribution in [0.3, 0.4) is 0 Å². The van der Waals surface area contributed by atoms with Gasteiger partial charge in [0.25, 0.3) is 0 Å². The molecule has 1 aromatic carbocycles. The van der Waals surface area contributed by atoms with Crippen LogP contribution < -0.4 is 10.6 Å². The van der Waals surface area contributed by atoms with Gasteiger partial charge in [0, 0.05) is 3.57 Å². The van der Waals surface area contributed by atoms with Gasteiger partial charge in [0.1, 0.15) is 9.88 Å². The summed E-state index contributed by atoms with van der Waals surface area (Å²) < 4.78 is 11.2. The maximum Gasteiger partial charge on any atom is 0.348 e. The lowest BCUT2D eigenvalue weighted by atomic mass is 10.1. The Labute approximate surface area is 180 Å². The SMILES string of the molecule is CCOC(=O)c1sc(NC(=S)Nc2ccccc2I)c(C(=O)OCC)c1C. The van der Waals surface area contributed by atoms with Crippen molar-refractivity contribution in [2.45, 2.75) is 20.8 Å². The molecule has 0 fully saturated rings. The van der Waals surface area contributed by atoms with E-state index in [1.54, 1.807) is 20.8 Å². The quantitative estimate of drug-likeness (QED) is 0.323. The zero-order valence-corrected chi connectivity index (χ0v) is 18.8. The Balaban J connectivity index is 2.32. The van der Waals surface area contributed by atoms with Crippen LogP contribution in [0, 0.1) is 10.5 Å². The van der Waals surface area contributed by atoms with Crippen molar-refractivity contribution in [1.29, 1.82) is 0 Å². The summed E-state index contributed by atoms with van der Waals surface area (Å²) in [6.07, 6.45) is 0. The van der Waals surface area contributed by atoms with Crippen LogP contribution in [0.15, 0.2) is 24.3 Å². The number of ether oxygens (including phenoxy) is 2. The van der Waals surface area contributed by atoms with Crippen molar-refractivity contribution in [2.75, 3.05) is 23.8 Å². The van der Waals surface area contributed by atoms with Gasteiger partial charge in [-0.3, -0.25) is 0 Å². The lowest BCUT2D eigenvalue weighted by Crippen LogP contribution is -2.20. The van der Waals surface area contributed by atoms with Crippen LogP contribution in [-0.2, 0) is 9.47 Å². The van der Waals surface area contributed by atoms with Crippen molar-refractivity contribution in [3.8, 4) is 0 Å². The fourth-order valence-electron chi connectivity index (χ4n) is 2.26. The van der Waals surface area contributed by atoms with Gasteiger partial charge in [-0.15, -0.1) is 11.3 Å². The number of halogens is 1. The predicted molar refractivity (Wildman–Crippen MR) is 120 cm³/mol. The summed E-state index contributed by atoms with van der Waals surface area (Å²) >= 11 is 8.68. The Bertz CT molecular complexity index is 867. The van der Waals surface area contributed by atoms with E-state index in [1.165, 1.54) is 0 Å². The standard InChI is InChI=1S/C18H19IN2O4S2/c1-4-24-16(22)13-10(3)14(17(23)25-5-2)27-15(13)21-18(26)20-12-9-7-6-8-11(12)19/h6-9H,4-5H2,1-3H3,(H2,20,21,26). The largest absolute Gasteiger partial charge is 0.462 e. The molecule has 1 aromatic heterocycles. The van der Waals surface area contributed by atoms with Gasteiger partial charge in [0.15, 0.2) is 5.11 Å². The molecular weight excluding hydrogens is 499 g/mol. The van der Waals surface area contributed by atoms with Gasteiger partial charge in [0.05, 0.1) is 24.5 Å². The molecule has 2 rings (SSSR count). The van der Waals surface area contributed by atoms with Crippen LogP contribution in [0.25, 0.3) is 0 Å². The number of para-hydroxylation sites is 1. The molecule has 0 unspecified atom stereocenters. The summed E-state index contributed by atoms with van der Waals surface area (Å²) in [4.78, 5) is 24.9. The summed E-state index contributed by atoms with van der Waals surface area (Å²) in [5.41, 5.74) is 1.64. The highest BCUT2D eigenvalue weighted by molar-refractivity contribution is 14.1. The first-order valence-electron chi connectivity index (χ1n) is 8.19. The Kier molecular flexibility index (Phi) is 7.99. The Hall–Kier alpha value is -1.72. The number of hydrogen-bond donors (Lipinski definition) is 2. The zero-order valence-electron chi connectivity index (χ0n) is 15.1. The van der Waals surface area contributed by atoms with Crippen molar-refractivity contribution in [1.82, 2.24) is 0 Å². The van der Waals surface area contributed by atoms with E-state index >= 15 is 0 Å². The van der Waals surface area contributed by atoms with Crippen LogP contribution in [-0.4, -0.2) is 30.3 Å². The molecule has 27 heavy (non-hydrogen) atoms. The van der Waals surface area contributed by atoms with Crippen molar-refractivity contribution < 1.29 is 19.1 Å². The van der Waals surface area contributed by atoms with Gasteiger partial charge in [-0.2, -0.15) is 0 Å². The zero-order chi connectivity index (χ0) is 20.0. The Morgan fingerprint density at radius 2 is 1.74 bits per heavy atom. The van der Waals surface area contributed by atoms with Crippen LogP contribution in [0.2, 0.25) is 0 Å². The van der Waals surface area contributed by atoms with Crippen molar-refractivity contribution in [2.24, 2.45) is 0 Å². The number of thiophene rings is 1. The van der Waals surface area contributed by atoms with E-state index < -0.39 is 11.9 Å². The summed E-state index contributed by atoms with van der Waals surface area (Å²) in [6, 6.07) is 7.66. The molecule has 0 aliphatic heterocycles. The second-order valence-corrected chi connectivity index (χ2v) is 7.85. The third kappa shape index (κ3) is 5.39. The van der Waals surface area contributed by atoms with E-state index in [0.717, 1.165) is 20.6 Å². The van der Waals surface area contributed by atoms with Crippen LogP contribution in [0.1, 0.15) is 39.4 Å². The number of esters is 2. The molecule has 0 aliphatic rings. The van der Waals surface area contributed by atoms with E-state index in [1.807, 2.05) is 24.3 Å². The smallest absolute Gasteiger partial charge is 0.348 e. The average Bonchev–Trinajstić information content (AvgIpc) is 2.93. The van der Waals surface area contributed by atoms with E-state index in [4.69, 9.17) is 21.7 Å². The topological polar surface area (TPSA) is 76.7 Å². The predicted octanol–water partition coefficient (Wildman–Crippen LogP) is 4.82. The van der Waals surface area contributed by atoms with Crippen LogP contribution in [0.5, 0.6) is 0 Å². The molecule has 0 atom stereocenters. The number of anilines is 2. The third-order valence-corrected chi connectivity index (χ3v) is 5.77. The molecule has 1 heterocycles. The van der Waals surface area contributed by atoms with Gasteiger partial charge in [-0.1, -0.05) is 12.1 Å². The fourth-order valence-corrected chi connectivity index (χ4v) is 4.15. The lowest BCUT2D eigenvalue weighted by molar-refractivity contribution is 0.0527. The number of thiocarbonyl (C=S) groups is 1. The molecule has 0 spiro atoms. The fraction of sp³-hybridized carbons (Fsp3) is 0.278. The van der Waals surface area contributed by atoms with Crippen LogP contribution >= 0.6 is 46.1 Å². The van der Waals surface area contributed by atoms with E-state index in [-0.39, 0.29) is 18.8 Å². The first-order valence-corrected chi connectivity index (χ1v) is 10.5. The summed E-state index contributed by atoms with van der Waals surface area (Å²) in [6.45, 7) is 5.62. The lowest BCUT2D eigenvalue weighted by Gasteiger charge is -2.12. The van der Waals surface area contributed by atoms with Crippen molar-refractivity contribution in [3.63, 3.8) is 0 Å². The first kappa shape index (κ1) is 21.6. The van der Waals surface area contributed by atoms with Gasteiger partial charge in [-0.25, -0.2) is 9.59 Å². The Morgan fingerprint density at radius 3 is 2.37 bits per heavy atom. The molecule has 2 N–H and O–H groups in total. The summed E-state index contributed by atoms with van der Waals surface area (Å²) in [5.74, 6) is -0.989.